The van der Waals surface area contributed by atoms with Crippen LogP contribution in [0.15, 0.2) is 18.5 Å². The minimum atomic E-state index is 0.725. The van der Waals surface area contributed by atoms with Gasteiger partial charge in [-0.15, -0.1) is 0 Å². The number of nitrogens with zero attached hydrogens (tertiary/aromatic N) is 1. The lowest BCUT2D eigenvalue weighted by Gasteiger charge is -2.21. The summed E-state index contributed by atoms with van der Waals surface area (Å²) in [6, 6.07) is 1.94. The van der Waals surface area contributed by atoms with Crippen LogP contribution < -0.4 is 11.1 Å². The van der Waals surface area contributed by atoms with Crippen LogP contribution in [0.25, 0.3) is 0 Å². The summed E-state index contributed by atoms with van der Waals surface area (Å²) in [6.07, 6.45) is 11.9. The van der Waals surface area contributed by atoms with Gasteiger partial charge in [0.15, 0.2) is 0 Å². The lowest BCUT2D eigenvalue weighted by molar-refractivity contribution is 0.345. The van der Waals surface area contributed by atoms with Crippen molar-refractivity contribution < 1.29 is 0 Å². The standard InChI is InChI=1S/C13H21N3/c14-12-8-13(10-15-9-12)16-7-6-11-4-2-1-3-5-11/h8-11,16H,1-7,14H2. The second-order valence-electron chi connectivity index (χ2n) is 4.73. The Morgan fingerprint density at radius 1 is 1.25 bits per heavy atom. The number of nitrogens with one attached hydrogen (secondary N) is 1. The predicted molar refractivity (Wildman–Crippen MR) is 68.3 cm³/mol. The van der Waals surface area contributed by atoms with Crippen molar-refractivity contribution in [2.24, 2.45) is 5.92 Å². The van der Waals surface area contributed by atoms with Crippen molar-refractivity contribution in [2.45, 2.75) is 38.5 Å². The molecule has 3 nitrogen and oxygen atoms in total. The second kappa shape index (κ2) is 5.73. The van der Waals surface area contributed by atoms with Crippen LogP contribution in [-0.2, 0) is 0 Å². The van der Waals surface area contributed by atoms with E-state index in [1.165, 1.54) is 38.5 Å². The SMILES string of the molecule is Nc1cncc(NCCC2CCCCC2)c1. The van der Waals surface area contributed by atoms with Crippen molar-refractivity contribution in [3.05, 3.63) is 18.5 Å². The third kappa shape index (κ3) is 3.40. The lowest BCUT2D eigenvalue weighted by atomic mass is 9.87. The Morgan fingerprint density at radius 3 is 2.81 bits per heavy atom. The van der Waals surface area contributed by atoms with Crippen LogP contribution in [0.4, 0.5) is 11.4 Å². The molecule has 1 aromatic heterocycles. The van der Waals surface area contributed by atoms with Crippen molar-refractivity contribution >= 4 is 11.4 Å². The van der Waals surface area contributed by atoms with Gasteiger partial charge in [-0.25, -0.2) is 0 Å². The average molecular weight is 219 g/mol. The van der Waals surface area contributed by atoms with E-state index in [4.69, 9.17) is 5.73 Å². The third-order valence-electron chi connectivity index (χ3n) is 3.37. The molecule has 1 aliphatic rings. The second-order valence-corrected chi connectivity index (χ2v) is 4.73. The molecule has 1 fully saturated rings. The number of rotatable bonds is 4. The highest BCUT2D eigenvalue weighted by Crippen LogP contribution is 2.26. The molecular weight excluding hydrogens is 198 g/mol. The number of nitrogens with two attached hydrogens (primary N) is 1. The molecule has 3 heteroatoms. The Balaban J connectivity index is 1.71. The van der Waals surface area contributed by atoms with Gasteiger partial charge in [-0.2, -0.15) is 0 Å². The molecule has 2 rings (SSSR count). The van der Waals surface area contributed by atoms with Gasteiger partial charge in [0.2, 0.25) is 0 Å². The molecule has 0 bridgehead atoms. The number of pyridine rings is 1. The molecule has 16 heavy (non-hydrogen) atoms. The maximum Gasteiger partial charge on any atom is 0.0547 e. The highest BCUT2D eigenvalue weighted by Gasteiger charge is 2.12. The molecule has 1 saturated carbocycles. The maximum atomic E-state index is 5.67. The fraction of sp³-hybridized carbons (Fsp3) is 0.615. The summed E-state index contributed by atoms with van der Waals surface area (Å²) in [6.45, 7) is 1.04. The molecule has 0 radical (unpaired) electrons. The minimum absolute atomic E-state index is 0.725. The number of aromatic nitrogens is 1. The van der Waals surface area contributed by atoms with Gasteiger partial charge < -0.3 is 11.1 Å². The van der Waals surface area contributed by atoms with Crippen LogP contribution in [0.5, 0.6) is 0 Å². The molecule has 1 heterocycles. The van der Waals surface area contributed by atoms with Crippen LogP contribution in [0.3, 0.4) is 0 Å². The Labute approximate surface area is 97.5 Å². The zero-order chi connectivity index (χ0) is 11.2. The summed E-state index contributed by atoms with van der Waals surface area (Å²) in [5, 5.41) is 3.39. The number of anilines is 2. The van der Waals surface area contributed by atoms with E-state index in [0.29, 0.717) is 0 Å². The van der Waals surface area contributed by atoms with Crippen molar-refractivity contribution in [3.8, 4) is 0 Å². The van der Waals surface area contributed by atoms with Gasteiger partial charge in [-0.1, -0.05) is 32.1 Å². The Morgan fingerprint density at radius 2 is 2.06 bits per heavy atom. The molecule has 0 spiro atoms. The Hall–Kier alpha value is -1.25. The molecule has 0 aromatic carbocycles. The maximum absolute atomic E-state index is 5.67. The minimum Gasteiger partial charge on any atom is -0.397 e. The van der Waals surface area contributed by atoms with E-state index < -0.39 is 0 Å². The molecule has 0 saturated heterocycles. The largest absolute Gasteiger partial charge is 0.397 e. The first kappa shape index (κ1) is 11.2. The van der Waals surface area contributed by atoms with E-state index in [9.17, 15) is 0 Å². The van der Waals surface area contributed by atoms with Gasteiger partial charge in [0.05, 0.1) is 17.6 Å². The van der Waals surface area contributed by atoms with Crippen LogP contribution in [0, 0.1) is 5.92 Å². The van der Waals surface area contributed by atoms with E-state index >= 15 is 0 Å². The molecule has 3 N–H and O–H groups in total. The number of hydrogen-bond acceptors (Lipinski definition) is 3. The van der Waals surface area contributed by atoms with Crippen molar-refractivity contribution in [2.75, 3.05) is 17.6 Å². The normalized spacial score (nSPS) is 17.2. The molecule has 1 aromatic rings. The molecule has 0 unspecified atom stereocenters. The van der Waals surface area contributed by atoms with Crippen LogP contribution in [-0.4, -0.2) is 11.5 Å². The number of nitrogen functional groups attached to an aromatic ring is 1. The summed E-state index contributed by atoms with van der Waals surface area (Å²) in [4.78, 5) is 4.06. The van der Waals surface area contributed by atoms with Crippen molar-refractivity contribution in [1.29, 1.82) is 0 Å². The number of hydrogen-bond donors (Lipinski definition) is 2. The van der Waals surface area contributed by atoms with Crippen molar-refractivity contribution in [3.63, 3.8) is 0 Å². The summed E-state index contributed by atoms with van der Waals surface area (Å²) in [5.74, 6) is 0.926. The predicted octanol–water partition coefficient (Wildman–Crippen LogP) is 3.05. The van der Waals surface area contributed by atoms with E-state index in [2.05, 4.69) is 10.3 Å². The third-order valence-corrected chi connectivity index (χ3v) is 3.37. The van der Waals surface area contributed by atoms with E-state index in [0.717, 1.165) is 23.8 Å². The van der Waals surface area contributed by atoms with Crippen LogP contribution >= 0.6 is 0 Å². The monoisotopic (exact) mass is 219 g/mol. The smallest absolute Gasteiger partial charge is 0.0547 e. The fourth-order valence-corrected chi connectivity index (χ4v) is 2.45. The summed E-state index contributed by atoms with van der Waals surface area (Å²) < 4.78 is 0. The highest BCUT2D eigenvalue weighted by atomic mass is 14.9. The lowest BCUT2D eigenvalue weighted by Crippen LogP contribution is -2.12. The van der Waals surface area contributed by atoms with Gasteiger partial charge >= 0.3 is 0 Å². The van der Waals surface area contributed by atoms with Crippen molar-refractivity contribution in [1.82, 2.24) is 4.98 Å². The molecule has 0 aliphatic heterocycles. The summed E-state index contributed by atoms with van der Waals surface area (Å²) in [7, 11) is 0. The molecule has 1 aliphatic carbocycles. The van der Waals surface area contributed by atoms with Crippen LogP contribution in [0.2, 0.25) is 0 Å². The van der Waals surface area contributed by atoms with Gasteiger partial charge in [0, 0.05) is 12.7 Å². The molecule has 0 amide bonds. The van der Waals surface area contributed by atoms with Gasteiger partial charge in [0.1, 0.15) is 0 Å². The summed E-state index contributed by atoms with van der Waals surface area (Å²) in [5.41, 5.74) is 7.43. The quantitative estimate of drug-likeness (QED) is 0.818. The Bertz CT molecular complexity index is 319. The highest BCUT2D eigenvalue weighted by molar-refractivity contribution is 5.51. The zero-order valence-corrected chi connectivity index (χ0v) is 9.78. The zero-order valence-electron chi connectivity index (χ0n) is 9.78. The fourth-order valence-electron chi connectivity index (χ4n) is 2.45. The first-order chi connectivity index (χ1) is 7.84. The van der Waals surface area contributed by atoms with E-state index in [1.807, 2.05) is 12.3 Å². The molecule has 88 valence electrons. The van der Waals surface area contributed by atoms with Gasteiger partial charge in [-0.05, 0) is 18.4 Å². The molecule has 0 atom stereocenters. The first-order valence-corrected chi connectivity index (χ1v) is 6.29. The van der Waals surface area contributed by atoms with E-state index in [1.54, 1.807) is 6.20 Å². The first-order valence-electron chi connectivity index (χ1n) is 6.29. The summed E-state index contributed by atoms with van der Waals surface area (Å²) >= 11 is 0. The average Bonchev–Trinajstić information content (AvgIpc) is 2.30. The van der Waals surface area contributed by atoms with E-state index in [-0.39, 0.29) is 0 Å². The Kier molecular flexibility index (Phi) is 4.03. The van der Waals surface area contributed by atoms with Gasteiger partial charge in [-0.3, -0.25) is 4.98 Å². The van der Waals surface area contributed by atoms with Gasteiger partial charge in [0.25, 0.3) is 0 Å². The van der Waals surface area contributed by atoms with Crippen LogP contribution in [0.1, 0.15) is 38.5 Å². The topological polar surface area (TPSA) is 50.9 Å². The molecular formula is C13H21N3.